The molecule has 0 aliphatic heterocycles. The Balaban J connectivity index is 1.67. The zero-order chi connectivity index (χ0) is 26.6. The number of para-hydroxylation sites is 2. The number of carbonyl (C=O) groups excluding carboxylic acids is 1. The van der Waals surface area contributed by atoms with E-state index in [-0.39, 0.29) is 5.91 Å². The Hall–Kier alpha value is -4.04. The number of hydrogen-bond donors (Lipinski definition) is 3. The molecule has 0 saturated carbocycles. The lowest BCUT2D eigenvalue weighted by atomic mass is 10.2. The molecule has 1 heterocycles. The standard InChI is InChI=1S/C29H38N6O2/c1-5-34(6-2)18-9-19-35(22(3)32-24-13-15-25(37-4)16-14-24)21-23-12-17-28(31-20-23)29(36)33-27-11-8-7-10-26(27)30/h7-8,10-17,20,32H,3,5-6,9,18-19,21,30H2,1-2,4H3,(H,33,36). The second kappa shape index (κ2) is 13.9. The maximum Gasteiger partial charge on any atom is 0.274 e. The van der Waals surface area contributed by atoms with Crippen LogP contribution in [0.25, 0.3) is 0 Å². The number of anilines is 3. The first-order valence-electron chi connectivity index (χ1n) is 12.6. The molecule has 0 unspecified atom stereocenters. The van der Waals surface area contributed by atoms with E-state index in [0.717, 1.165) is 55.4 Å². The van der Waals surface area contributed by atoms with Crippen molar-refractivity contribution < 1.29 is 9.53 Å². The molecule has 0 atom stereocenters. The molecule has 8 nitrogen and oxygen atoms in total. The van der Waals surface area contributed by atoms with E-state index in [4.69, 9.17) is 10.5 Å². The molecule has 4 N–H and O–H groups in total. The highest BCUT2D eigenvalue weighted by Gasteiger charge is 2.13. The van der Waals surface area contributed by atoms with Crippen molar-refractivity contribution in [3.05, 3.63) is 90.5 Å². The monoisotopic (exact) mass is 502 g/mol. The minimum absolute atomic E-state index is 0.300. The van der Waals surface area contributed by atoms with Crippen molar-refractivity contribution in [2.45, 2.75) is 26.8 Å². The molecule has 0 spiro atoms. The molecule has 0 radical (unpaired) electrons. The predicted octanol–water partition coefficient (Wildman–Crippen LogP) is 5.04. The fourth-order valence-corrected chi connectivity index (χ4v) is 3.92. The van der Waals surface area contributed by atoms with Gasteiger partial charge < -0.3 is 30.9 Å². The van der Waals surface area contributed by atoms with E-state index in [1.54, 1.807) is 31.5 Å². The average molecular weight is 503 g/mol. The molecule has 3 rings (SSSR count). The Labute approximate surface area is 220 Å². The topological polar surface area (TPSA) is 95.8 Å². The summed E-state index contributed by atoms with van der Waals surface area (Å²) in [6.45, 7) is 13.2. The molecule has 0 aliphatic carbocycles. The third kappa shape index (κ3) is 8.25. The number of rotatable bonds is 14. The zero-order valence-electron chi connectivity index (χ0n) is 22.0. The van der Waals surface area contributed by atoms with Crippen molar-refractivity contribution in [2.75, 3.05) is 49.7 Å². The molecule has 8 heteroatoms. The molecule has 2 aromatic carbocycles. The van der Waals surface area contributed by atoms with Gasteiger partial charge in [0.2, 0.25) is 0 Å². The normalized spacial score (nSPS) is 10.7. The molecule has 37 heavy (non-hydrogen) atoms. The van der Waals surface area contributed by atoms with Crippen LogP contribution in [0.15, 0.2) is 79.3 Å². The summed E-state index contributed by atoms with van der Waals surface area (Å²) in [4.78, 5) is 21.7. The third-order valence-electron chi connectivity index (χ3n) is 6.20. The first-order valence-corrected chi connectivity index (χ1v) is 12.6. The molecule has 3 aromatic rings. The minimum Gasteiger partial charge on any atom is -0.497 e. The third-order valence-corrected chi connectivity index (χ3v) is 6.20. The summed E-state index contributed by atoms with van der Waals surface area (Å²) >= 11 is 0. The van der Waals surface area contributed by atoms with Crippen LogP contribution < -0.4 is 21.1 Å². The number of nitrogen functional groups attached to an aromatic ring is 1. The van der Waals surface area contributed by atoms with Crippen LogP contribution >= 0.6 is 0 Å². The number of methoxy groups -OCH3 is 1. The number of hydrogen-bond acceptors (Lipinski definition) is 7. The highest BCUT2D eigenvalue weighted by Crippen LogP contribution is 2.20. The van der Waals surface area contributed by atoms with Crippen LogP contribution in [0.2, 0.25) is 0 Å². The van der Waals surface area contributed by atoms with Gasteiger partial charge in [0.15, 0.2) is 0 Å². The molecular formula is C29H38N6O2. The van der Waals surface area contributed by atoms with Crippen LogP contribution in [0.3, 0.4) is 0 Å². The highest BCUT2D eigenvalue weighted by atomic mass is 16.5. The van der Waals surface area contributed by atoms with Gasteiger partial charge in [-0.3, -0.25) is 9.78 Å². The maximum atomic E-state index is 12.6. The van der Waals surface area contributed by atoms with E-state index < -0.39 is 0 Å². The molecule has 1 amide bonds. The van der Waals surface area contributed by atoms with E-state index in [0.29, 0.717) is 23.6 Å². The van der Waals surface area contributed by atoms with Crippen molar-refractivity contribution in [2.24, 2.45) is 0 Å². The summed E-state index contributed by atoms with van der Waals surface area (Å²) in [6, 6.07) is 18.6. The lowest BCUT2D eigenvalue weighted by Crippen LogP contribution is -2.31. The van der Waals surface area contributed by atoms with Gasteiger partial charge in [-0.25, -0.2) is 0 Å². The van der Waals surface area contributed by atoms with E-state index in [1.165, 1.54) is 0 Å². The van der Waals surface area contributed by atoms with E-state index in [9.17, 15) is 4.79 Å². The van der Waals surface area contributed by atoms with Gasteiger partial charge in [-0.2, -0.15) is 0 Å². The average Bonchev–Trinajstić information content (AvgIpc) is 2.92. The Morgan fingerprint density at radius 2 is 1.73 bits per heavy atom. The first kappa shape index (κ1) is 27.5. The SMILES string of the molecule is C=C(Nc1ccc(OC)cc1)N(CCCN(CC)CC)Cc1ccc(C(=O)Nc2ccccc2N)nc1. The summed E-state index contributed by atoms with van der Waals surface area (Å²) in [5, 5.41) is 6.22. The molecule has 196 valence electrons. The van der Waals surface area contributed by atoms with Crippen molar-refractivity contribution in [1.29, 1.82) is 0 Å². The van der Waals surface area contributed by atoms with Crippen molar-refractivity contribution in [3.63, 3.8) is 0 Å². The largest absolute Gasteiger partial charge is 0.497 e. The van der Waals surface area contributed by atoms with Crippen LogP contribution in [0, 0.1) is 0 Å². The lowest BCUT2D eigenvalue weighted by molar-refractivity contribution is 0.102. The van der Waals surface area contributed by atoms with Crippen LogP contribution in [0.1, 0.15) is 36.3 Å². The smallest absolute Gasteiger partial charge is 0.274 e. The van der Waals surface area contributed by atoms with E-state index in [1.807, 2.05) is 42.5 Å². The Kier molecular flexibility index (Phi) is 10.3. The summed E-state index contributed by atoms with van der Waals surface area (Å²) < 4.78 is 5.26. The molecule has 0 bridgehead atoms. The number of pyridine rings is 1. The second-order valence-corrected chi connectivity index (χ2v) is 8.70. The number of aromatic nitrogens is 1. The van der Waals surface area contributed by atoms with Crippen molar-refractivity contribution in [1.82, 2.24) is 14.8 Å². The Bertz CT molecular complexity index is 1140. The summed E-state index contributed by atoms with van der Waals surface area (Å²) in [5.74, 6) is 1.30. The fourth-order valence-electron chi connectivity index (χ4n) is 3.92. The predicted molar refractivity (Wildman–Crippen MR) is 152 cm³/mol. The highest BCUT2D eigenvalue weighted by molar-refractivity contribution is 6.04. The number of benzene rings is 2. The molecule has 1 aromatic heterocycles. The van der Waals surface area contributed by atoms with Gasteiger partial charge in [0.05, 0.1) is 24.3 Å². The molecular weight excluding hydrogens is 464 g/mol. The van der Waals surface area contributed by atoms with E-state index >= 15 is 0 Å². The minimum atomic E-state index is -0.300. The number of nitrogens with zero attached hydrogens (tertiary/aromatic N) is 3. The Morgan fingerprint density at radius 3 is 2.35 bits per heavy atom. The van der Waals surface area contributed by atoms with Gasteiger partial charge in [-0.15, -0.1) is 0 Å². The van der Waals surface area contributed by atoms with E-state index in [2.05, 4.69) is 45.8 Å². The first-order chi connectivity index (χ1) is 17.9. The van der Waals surface area contributed by atoms with Gasteiger partial charge in [0.1, 0.15) is 11.4 Å². The number of carbonyl (C=O) groups is 1. The number of nitrogens with one attached hydrogen (secondary N) is 2. The summed E-state index contributed by atoms with van der Waals surface area (Å²) in [6.07, 6.45) is 2.73. The maximum absolute atomic E-state index is 12.6. The molecule has 0 saturated heterocycles. The van der Waals surface area contributed by atoms with Crippen LogP contribution in [0.5, 0.6) is 5.75 Å². The summed E-state index contributed by atoms with van der Waals surface area (Å²) in [7, 11) is 1.65. The fraction of sp³-hybridized carbons (Fsp3) is 0.310. The molecule has 0 aliphatic rings. The number of ether oxygens (including phenoxy) is 1. The number of nitrogens with two attached hydrogens (primary N) is 1. The number of amides is 1. The van der Waals surface area contributed by atoms with Gasteiger partial charge in [-0.05, 0) is 74.1 Å². The van der Waals surface area contributed by atoms with Crippen LogP contribution in [-0.4, -0.2) is 54.0 Å². The lowest BCUT2D eigenvalue weighted by Gasteiger charge is -2.29. The second-order valence-electron chi connectivity index (χ2n) is 8.70. The van der Waals surface area contributed by atoms with Gasteiger partial charge >= 0.3 is 0 Å². The van der Waals surface area contributed by atoms with Gasteiger partial charge in [0, 0.05) is 25.0 Å². The van der Waals surface area contributed by atoms with Gasteiger partial charge in [0.25, 0.3) is 5.91 Å². The van der Waals surface area contributed by atoms with Crippen molar-refractivity contribution in [3.8, 4) is 5.75 Å². The zero-order valence-corrected chi connectivity index (χ0v) is 22.0. The van der Waals surface area contributed by atoms with Crippen LogP contribution in [-0.2, 0) is 6.54 Å². The quantitative estimate of drug-likeness (QED) is 0.266. The van der Waals surface area contributed by atoms with Crippen molar-refractivity contribution >= 4 is 23.0 Å². The van der Waals surface area contributed by atoms with Gasteiger partial charge in [-0.1, -0.05) is 38.6 Å². The Morgan fingerprint density at radius 1 is 1.00 bits per heavy atom. The van der Waals surface area contributed by atoms with Crippen LogP contribution in [0.4, 0.5) is 17.1 Å². The molecule has 0 fully saturated rings. The summed E-state index contributed by atoms with van der Waals surface area (Å²) in [5.41, 5.74) is 9.26.